The summed E-state index contributed by atoms with van der Waals surface area (Å²) in [6.45, 7) is 0. The molecule has 2 aromatic carbocycles. The lowest BCUT2D eigenvalue weighted by atomic mass is 10.2. The average Bonchev–Trinajstić information content (AvgIpc) is 2.46. The Hall–Kier alpha value is -2.60. The van der Waals surface area contributed by atoms with E-state index in [2.05, 4.69) is 9.97 Å². The van der Waals surface area contributed by atoms with Crippen LogP contribution < -0.4 is 0 Å². The van der Waals surface area contributed by atoms with Gasteiger partial charge in [-0.25, -0.2) is 14.4 Å². The standard InChI is InChI=1S/C14H7ClFN3O2/c15-13-11-7-10(19(20)21)4-5-12(11)17-14(18-13)8-2-1-3-9(16)6-8/h1-7H. The van der Waals surface area contributed by atoms with Gasteiger partial charge in [-0.05, 0) is 18.2 Å². The first-order valence-electron chi connectivity index (χ1n) is 5.92. The third-order valence-corrected chi connectivity index (χ3v) is 3.21. The van der Waals surface area contributed by atoms with Crippen molar-refractivity contribution in [2.75, 3.05) is 0 Å². The predicted molar refractivity (Wildman–Crippen MR) is 76.6 cm³/mol. The maximum atomic E-state index is 13.2. The minimum Gasteiger partial charge on any atom is -0.258 e. The van der Waals surface area contributed by atoms with Crippen molar-refractivity contribution in [2.24, 2.45) is 0 Å². The Bertz CT molecular complexity index is 870. The number of nitro benzene ring substituents is 1. The second kappa shape index (κ2) is 5.06. The zero-order chi connectivity index (χ0) is 15.0. The van der Waals surface area contributed by atoms with Gasteiger partial charge in [0.15, 0.2) is 5.82 Å². The molecule has 0 saturated heterocycles. The largest absolute Gasteiger partial charge is 0.270 e. The topological polar surface area (TPSA) is 68.9 Å². The highest BCUT2D eigenvalue weighted by molar-refractivity contribution is 6.34. The van der Waals surface area contributed by atoms with Crippen molar-refractivity contribution in [1.29, 1.82) is 0 Å². The number of aromatic nitrogens is 2. The van der Waals surface area contributed by atoms with Crippen LogP contribution in [0.3, 0.4) is 0 Å². The molecule has 5 nitrogen and oxygen atoms in total. The van der Waals surface area contributed by atoms with E-state index in [4.69, 9.17) is 11.6 Å². The van der Waals surface area contributed by atoms with Crippen molar-refractivity contribution in [1.82, 2.24) is 9.97 Å². The number of hydrogen-bond acceptors (Lipinski definition) is 4. The molecule has 0 bridgehead atoms. The third-order valence-electron chi connectivity index (χ3n) is 2.93. The summed E-state index contributed by atoms with van der Waals surface area (Å²) in [7, 11) is 0. The molecule has 7 heteroatoms. The number of benzene rings is 2. The van der Waals surface area contributed by atoms with Crippen molar-refractivity contribution < 1.29 is 9.31 Å². The highest BCUT2D eigenvalue weighted by atomic mass is 35.5. The van der Waals surface area contributed by atoms with Gasteiger partial charge in [-0.2, -0.15) is 0 Å². The summed E-state index contributed by atoms with van der Waals surface area (Å²) in [4.78, 5) is 18.6. The molecule has 21 heavy (non-hydrogen) atoms. The lowest BCUT2D eigenvalue weighted by Gasteiger charge is -2.04. The minimum absolute atomic E-state index is 0.0861. The molecule has 1 heterocycles. The van der Waals surface area contributed by atoms with Gasteiger partial charge in [-0.1, -0.05) is 23.7 Å². The van der Waals surface area contributed by atoms with Gasteiger partial charge in [0.25, 0.3) is 5.69 Å². The smallest absolute Gasteiger partial charge is 0.258 e. The van der Waals surface area contributed by atoms with E-state index in [0.717, 1.165) is 0 Å². The Labute approximate surface area is 123 Å². The van der Waals surface area contributed by atoms with Gasteiger partial charge < -0.3 is 0 Å². The molecule has 3 aromatic rings. The fraction of sp³-hybridized carbons (Fsp3) is 0. The van der Waals surface area contributed by atoms with Crippen LogP contribution in [0.4, 0.5) is 10.1 Å². The van der Waals surface area contributed by atoms with E-state index in [1.54, 1.807) is 12.1 Å². The molecule has 0 N–H and O–H groups in total. The van der Waals surface area contributed by atoms with E-state index in [1.165, 1.54) is 30.3 Å². The van der Waals surface area contributed by atoms with E-state index in [1.807, 2.05) is 0 Å². The number of halogens is 2. The highest BCUT2D eigenvalue weighted by Gasteiger charge is 2.12. The molecule has 3 rings (SSSR count). The van der Waals surface area contributed by atoms with E-state index in [-0.39, 0.29) is 16.7 Å². The Morgan fingerprint density at radius 1 is 1.14 bits per heavy atom. The Balaban J connectivity index is 2.20. The van der Waals surface area contributed by atoms with Crippen LogP contribution in [0.15, 0.2) is 42.5 Å². The fourth-order valence-corrected chi connectivity index (χ4v) is 2.18. The lowest BCUT2D eigenvalue weighted by Crippen LogP contribution is -1.94. The monoisotopic (exact) mass is 303 g/mol. The van der Waals surface area contributed by atoms with E-state index in [9.17, 15) is 14.5 Å². The normalized spacial score (nSPS) is 10.8. The fourth-order valence-electron chi connectivity index (χ4n) is 1.95. The molecule has 0 aliphatic carbocycles. The van der Waals surface area contributed by atoms with Crippen LogP contribution >= 0.6 is 11.6 Å². The molecule has 0 radical (unpaired) electrons. The summed E-state index contributed by atoms with van der Waals surface area (Å²) in [5.74, 6) is -0.142. The average molecular weight is 304 g/mol. The van der Waals surface area contributed by atoms with Crippen molar-refractivity contribution in [3.05, 3.63) is 63.5 Å². The van der Waals surface area contributed by atoms with Gasteiger partial charge in [0, 0.05) is 23.1 Å². The number of rotatable bonds is 2. The Morgan fingerprint density at radius 3 is 2.67 bits per heavy atom. The quantitative estimate of drug-likeness (QED) is 0.407. The van der Waals surface area contributed by atoms with E-state index in [0.29, 0.717) is 16.5 Å². The molecule has 0 saturated carbocycles. The molecular formula is C14H7ClFN3O2. The number of nitro groups is 1. The Kier molecular flexibility index (Phi) is 3.23. The summed E-state index contributed by atoms with van der Waals surface area (Å²) >= 11 is 6.06. The van der Waals surface area contributed by atoms with Crippen LogP contribution in [0.2, 0.25) is 5.15 Å². The van der Waals surface area contributed by atoms with Gasteiger partial charge in [0.1, 0.15) is 11.0 Å². The zero-order valence-electron chi connectivity index (χ0n) is 10.5. The van der Waals surface area contributed by atoms with Crippen LogP contribution in [0.25, 0.3) is 22.3 Å². The molecule has 0 spiro atoms. The molecule has 104 valence electrons. The molecule has 0 amide bonds. The molecule has 1 aromatic heterocycles. The minimum atomic E-state index is -0.518. The van der Waals surface area contributed by atoms with Crippen molar-refractivity contribution >= 4 is 28.2 Å². The van der Waals surface area contributed by atoms with Gasteiger partial charge in [0.2, 0.25) is 0 Å². The molecule has 0 aliphatic rings. The maximum absolute atomic E-state index is 13.2. The number of fused-ring (bicyclic) bond motifs is 1. The van der Waals surface area contributed by atoms with Gasteiger partial charge >= 0.3 is 0 Å². The summed E-state index contributed by atoms with van der Waals surface area (Å²) < 4.78 is 13.2. The van der Waals surface area contributed by atoms with E-state index < -0.39 is 10.7 Å². The van der Waals surface area contributed by atoms with Gasteiger partial charge in [-0.3, -0.25) is 10.1 Å². The first-order chi connectivity index (χ1) is 10.0. The number of nitrogens with zero attached hydrogens (tertiary/aromatic N) is 3. The van der Waals surface area contributed by atoms with Crippen molar-refractivity contribution in [2.45, 2.75) is 0 Å². The van der Waals surface area contributed by atoms with Crippen LogP contribution in [0.1, 0.15) is 0 Å². The first-order valence-corrected chi connectivity index (χ1v) is 6.30. The van der Waals surface area contributed by atoms with Crippen LogP contribution in [0, 0.1) is 15.9 Å². The number of hydrogen-bond donors (Lipinski definition) is 0. The van der Waals surface area contributed by atoms with Crippen LogP contribution in [-0.2, 0) is 0 Å². The summed E-state index contributed by atoms with van der Waals surface area (Å²) in [6, 6.07) is 9.95. The van der Waals surface area contributed by atoms with Crippen LogP contribution in [-0.4, -0.2) is 14.9 Å². The molecule has 0 aliphatic heterocycles. The summed E-state index contributed by atoms with van der Waals surface area (Å²) in [6.07, 6.45) is 0. The Morgan fingerprint density at radius 2 is 1.95 bits per heavy atom. The zero-order valence-corrected chi connectivity index (χ0v) is 11.2. The van der Waals surface area contributed by atoms with Gasteiger partial charge in [0.05, 0.1) is 10.4 Å². The molecule has 0 fully saturated rings. The molecular weight excluding hydrogens is 297 g/mol. The van der Waals surface area contributed by atoms with Gasteiger partial charge in [-0.15, -0.1) is 0 Å². The number of non-ortho nitro benzene ring substituents is 1. The SMILES string of the molecule is O=[N+]([O-])c1ccc2nc(-c3cccc(F)c3)nc(Cl)c2c1. The first kappa shape index (κ1) is 13.4. The molecule has 0 atom stereocenters. The third kappa shape index (κ3) is 2.53. The second-order valence-corrected chi connectivity index (χ2v) is 4.66. The summed E-state index contributed by atoms with van der Waals surface area (Å²) in [5, 5.41) is 11.2. The van der Waals surface area contributed by atoms with Crippen molar-refractivity contribution in [3.63, 3.8) is 0 Å². The van der Waals surface area contributed by atoms with Crippen molar-refractivity contribution in [3.8, 4) is 11.4 Å². The lowest BCUT2D eigenvalue weighted by molar-refractivity contribution is -0.384. The van der Waals surface area contributed by atoms with Crippen LogP contribution in [0.5, 0.6) is 0 Å². The summed E-state index contributed by atoms with van der Waals surface area (Å²) in [5.41, 5.74) is 0.850. The molecule has 0 unspecified atom stereocenters. The highest BCUT2D eigenvalue weighted by Crippen LogP contribution is 2.28. The maximum Gasteiger partial charge on any atom is 0.270 e. The predicted octanol–water partition coefficient (Wildman–Crippen LogP) is 4.00. The second-order valence-electron chi connectivity index (χ2n) is 4.31. The van der Waals surface area contributed by atoms with E-state index >= 15 is 0 Å².